The highest BCUT2D eigenvalue weighted by molar-refractivity contribution is 5.00. The maximum absolute atomic E-state index is 5.49. The van der Waals surface area contributed by atoms with Gasteiger partial charge in [-0.05, 0) is 70.5 Å². The highest BCUT2D eigenvalue weighted by Crippen LogP contribution is 2.32. The molecule has 2 aliphatic rings. The molecule has 4 nitrogen and oxygen atoms in total. The number of piperidine rings is 1. The first-order chi connectivity index (χ1) is 10.2. The van der Waals surface area contributed by atoms with E-state index in [0.29, 0.717) is 6.04 Å². The van der Waals surface area contributed by atoms with Gasteiger partial charge in [0.2, 0.25) is 0 Å². The molecule has 118 valence electrons. The Bertz CT molecular complexity index is 429. The molecule has 0 amide bonds. The average molecular weight is 291 g/mol. The average Bonchev–Trinajstić information content (AvgIpc) is 2.98. The van der Waals surface area contributed by atoms with Crippen molar-refractivity contribution >= 4 is 0 Å². The van der Waals surface area contributed by atoms with Crippen LogP contribution in [0.15, 0.2) is 12.3 Å². The van der Waals surface area contributed by atoms with Crippen molar-refractivity contribution in [2.45, 2.75) is 52.1 Å². The van der Waals surface area contributed by atoms with Crippen LogP contribution in [0.4, 0.5) is 0 Å². The molecule has 0 unspecified atom stereocenters. The minimum Gasteiger partial charge on any atom is -0.381 e. The van der Waals surface area contributed by atoms with Gasteiger partial charge >= 0.3 is 0 Å². The van der Waals surface area contributed by atoms with Crippen LogP contribution in [0.5, 0.6) is 0 Å². The van der Waals surface area contributed by atoms with Crippen molar-refractivity contribution in [3.8, 4) is 0 Å². The largest absolute Gasteiger partial charge is 0.381 e. The molecule has 3 rings (SSSR count). The maximum atomic E-state index is 5.49. The van der Waals surface area contributed by atoms with Crippen LogP contribution in [-0.4, -0.2) is 41.0 Å². The Morgan fingerprint density at radius 2 is 1.81 bits per heavy atom. The lowest BCUT2D eigenvalue weighted by Crippen LogP contribution is -2.37. The van der Waals surface area contributed by atoms with E-state index in [9.17, 15) is 0 Å². The Kier molecular flexibility index (Phi) is 4.96. The van der Waals surface area contributed by atoms with Gasteiger partial charge in [0.25, 0.3) is 0 Å². The third kappa shape index (κ3) is 3.86. The second-order valence-electron chi connectivity index (χ2n) is 6.94. The van der Waals surface area contributed by atoms with Crippen molar-refractivity contribution in [3.63, 3.8) is 0 Å². The molecule has 1 aromatic heterocycles. The fraction of sp³-hybridized carbons (Fsp3) is 0.824. The van der Waals surface area contributed by atoms with Crippen molar-refractivity contribution in [2.24, 2.45) is 11.8 Å². The Morgan fingerprint density at radius 3 is 2.43 bits per heavy atom. The zero-order valence-electron chi connectivity index (χ0n) is 13.5. The molecule has 1 aromatic rings. The number of likely N-dealkylation sites (tertiary alicyclic amines) is 1. The zero-order valence-corrected chi connectivity index (χ0v) is 13.5. The van der Waals surface area contributed by atoms with Crippen LogP contribution in [0.25, 0.3) is 0 Å². The third-order valence-electron chi connectivity index (χ3n) is 5.14. The van der Waals surface area contributed by atoms with Gasteiger partial charge in [-0.15, -0.1) is 0 Å². The van der Waals surface area contributed by atoms with Crippen LogP contribution in [0.1, 0.15) is 51.3 Å². The smallest absolute Gasteiger partial charge is 0.0764 e. The van der Waals surface area contributed by atoms with Crippen molar-refractivity contribution < 1.29 is 4.74 Å². The highest BCUT2D eigenvalue weighted by Gasteiger charge is 2.28. The van der Waals surface area contributed by atoms with E-state index >= 15 is 0 Å². The molecule has 0 saturated carbocycles. The van der Waals surface area contributed by atoms with Crippen molar-refractivity contribution in [2.75, 3.05) is 26.3 Å². The lowest BCUT2D eigenvalue weighted by atomic mass is 9.80. The summed E-state index contributed by atoms with van der Waals surface area (Å²) in [5.74, 6) is 1.85. The van der Waals surface area contributed by atoms with Crippen LogP contribution < -0.4 is 0 Å². The molecule has 0 atom stereocenters. The normalized spacial score (nSPS) is 23.0. The molecule has 0 aromatic carbocycles. The lowest BCUT2D eigenvalue weighted by molar-refractivity contribution is 0.0294. The van der Waals surface area contributed by atoms with E-state index in [0.717, 1.165) is 31.6 Å². The van der Waals surface area contributed by atoms with E-state index in [2.05, 4.69) is 40.8 Å². The van der Waals surface area contributed by atoms with Crippen molar-refractivity contribution in [1.82, 2.24) is 14.7 Å². The topological polar surface area (TPSA) is 30.3 Å². The van der Waals surface area contributed by atoms with Crippen molar-refractivity contribution in [1.29, 1.82) is 0 Å². The maximum Gasteiger partial charge on any atom is 0.0764 e. The predicted octanol–water partition coefficient (Wildman–Crippen LogP) is 3.10. The molecular formula is C17H29N3O. The molecule has 0 N–H and O–H groups in total. The summed E-state index contributed by atoms with van der Waals surface area (Å²) in [6.07, 6.45) is 7.38. The molecule has 0 radical (unpaired) electrons. The lowest BCUT2D eigenvalue weighted by Gasteiger charge is -2.37. The number of hydrogen-bond acceptors (Lipinski definition) is 3. The molecule has 21 heavy (non-hydrogen) atoms. The van der Waals surface area contributed by atoms with Crippen molar-refractivity contribution in [3.05, 3.63) is 18.0 Å². The van der Waals surface area contributed by atoms with Gasteiger partial charge in [-0.25, -0.2) is 0 Å². The summed E-state index contributed by atoms with van der Waals surface area (Å²) in [5, 5.41) is 4.67. The Hall–Kier alpha value is -0.870. The summed E-state index contributed by atoms with van der Waals surface area (Å²) in [4.78, 5) is 2.57. The van der Waals surface area contributed by atoms with Gasteiger partial charge < -0.3 is 4.74 Å². The highest BCUT2D eigenvalue weighted by atomic mass is 16.5. The number of aromatic nitrogens is 2. The van der Waals surface area contributed by atoms with E-state index in [1.165, 1.54) is 44.5 Å². The summed E-state index contributed by atoms with van der Waals surface area (Å²) >= 11 is 0. The van der Waals surface area contributed by atoms with Gasteiger partial charge in [-0.1, -0.05) is 0 Å². The second kappa shape index (κ2) is 6.93. The SMILES string of the molecule is CC(C)n1ccc(CN2CCC(C3CCOCC3)CC2)n1. The van der Waals surface area contributed by atoms with Crippen LogP contribution in [0, 0.1) is 11.8 Å². The summed E-state index contributed by atoms with van der Waals surface area (Å²) in [7, 11) is 0. The molecule has 0 bridgehead atoms. The monoisotopic (exact) mass is 291 g/mol. The molecular weight excluding hydrogens is 262 g/mol. The standard InChI is InChI=1S/C17H29N3O/c1-14(2)20-10-5-17(18-20)13-19-8-3-15(4-9-19)16-6-11-21-12-7-16/h5,10,14-16H,3-4,6-9,11-13H2,1-2H3. The number of ether oxygens (including phenoxy) is 1. The third-order valence-corrected chi connectivity index (χ3v) is 5.14. The molecule has 4 heteroatoms. The van der Waals surface area contributed by atoms with Crippen LogP contribution in [0.2, 0.25) is 0 Å². The molecule has 2 aliphatic heterocycles. The Labute approximate surface area is 128 Å². The van der Waals surface area contributed by atoms with E-state index in [1.54, 1.807) is 0 Å². The molecule has 3 heterocycles. The molecule has 0 aliphatic carbocycles. The van der Waals surface area contributed by atoms with Gasteiger partial charge in [-0.2, -0.15) is 5.10 Å². The first-order valence-corrected chi connectivity index (χ1v) is 8.56. The van der Waals surface area contributed by atoms with Gasteiger partial charge in [0.1, 0.15) is 0 Å². The van der Waals surface area contributed by atoms with E-state index < -0.39 is 0 Å². The summed E-state index contributed by atoms with van der Waals surface area (Å²) in [5.41, 5.74) is 1.22. The molecule has 2 fully saturated rings. The molecule has 2 saturated heterocycles. The fourth-order valence-electron chi connectivity index (χ4n) is 3.75. The first kappa shape index (κ1) is 15.0. The second-order valence-corrected chi connectivity index (χ2v) is 6.94. The van der Waals surface area contributed by atoms with Gasteiger partial charge in [0.05, 0.1) is 5.69 Å². The van der Waals surface area contributed by atoms with Crippen LogP contribution in [-0.2, 0) is 11.3 Å². The van der Waals surface area contributed by atoms with Crippen LogP contribution >= 0.6 is 0 Å². The summed E-state index contributed by atoms with van der Waals surface area (Å²) in [6, 6.07) is 2.63. The molecule has 0 spiro atoms. The van der Waals surface area contributed by atoms with E-state index in [4.69, 9.17) is 4.74 Å². The first-order valence-electron chi connectivity index (χ1n) is 8.56. The zero-order chi connectivity index (χ0) is 14.7. The minimum atomic E-state index is 0.456. The quantitative estimate of drug-likeness (QED) is 0.854. The number of rotatable bonds is 4. The fourth-order valence-corrected chi connectivity index (χ4v) is 3.75. The van der Waals surface area contributed by atoms with Gasteiger partial charge in [0, 0.05) is 32.0 Å². The Morgan fingerprint density at radius 1 is 1.14 bits per heavy atom. The predicted molar refractivity (Wildman–Crippen MR) is 84.2 cm³/mol. The van der Waals surface area contributed by atoms with Gasteiger partial charge in [-0.3, -0.25) is 9.58 Å². The van der Waals surface area contributed by atoms with Gasteiger partial charge in [0.15, 0.2) is 0 Å². The van der Waals surface area contributed by atoms with E-state index in [1.807, 2.05) is 0 Å². The van der Waals surface area contributed by atoms with E-state index in [-0.39, 0.29) is 0 Å². The summed E-state index contributed by atoms with van der Waals surface area (Å²) in [6.45, 7) is 9.80. The number of hydrogen-bond donors (Lipinski definition) is 0. The summed E-state index contributed by atoms with van der Waals surface area (Å²) < 4.78 is 7.55. The minimum absolute atomic E-state index is 0.456. The Balaban J connectivity index is 1.46. The van der Waals surface area contributed by atoms with Crippen LogP contribution in [0.3, 0.4) is 0 Å². The number of nitrogens with zero attached hydrogens (tertiary/aromatic N) is 3.